The van der Waals surface area contributed by atoms with Gasteiger partial charge in [-0.15, -0.1) is 10.2 Å². The van der Waals surface area contributed by atoms with E-state index in [1.807, 2.05) is 6.33 Å². The third kappa shape index (κ3) is 2.61. The summed E-state index contributed by atoms with van der Waals surface area (Å²) < 4.78 is 2.23. The van der Waals surface area contributed by atoms with Crippen LogP contribution in [0.5, 0.6) is 0 Å². The molecule has 0 bridgehead atoms. The number of aromatic nitrogens is 3. The van der Waals surface area contributed by atoms with Crippen LogP contribution in [0.15, 0.2) is 6.33 Å². The molecule has 1 aliphatic heterocycles. The third-order valence-corrected chi connectivity index (χ3v) is 3.58. The van der Waals surface area contributed by atoms with Gasteiger partial charge in [0.1, 0.15) is 12.2 Å². The summed E-state index contributed by atoms with van der Waals surface area (Å²) in [5.41, 5.74) is 0. The Morgan fingerprint density at radius 1 is 1.62 bits per heavy atom. The van der Waals surface area contributed by atoms with Gasteiger partial charge in [-0.2, -0.15) is 0 Å². The van der Waals surface area contributed by atoms with Crippen molar-refractivity contribution >= 4 is 0 Å². The van der Waals surface area contributed by atoms with Crippen molar-refractivity contribution in [2.45, 2.75) is 45.6 Å². The molecule has 4 heteroatoms. The Bertz CT molecular complexity index is 315. The molecule has 90 valence electrons. The van der Waals surface area contributed by atoms with Crippen molar-refractivity contribution in [3.63, 3.8) is 0 Å². The van der Waals surface area contributed by atoms with E-state index in [1.165, 1.54) is 19.4 Å². The fraction of sp³-hybridized carbons (Fsp3) is 0.833. The van der Waals surface area contributed by atoms with Crippen molar-refractivity contribution in [1.82, 2.24) is 20.1 Å². The van der Waals surface area contributed by atoms with Crippen LogP contribution in [0.25, 0.3) is 0 Å². The summed E-state index contributed by atoms with van der Waals surface area (Å²) in [6, 6.07) is 0.515. The van der Waals surface area contributed by atoms with Crippen LogP contribution in [0, 0.1) is 5.92 Å². The van der Waals surface area contributed by atoms with Crippen LogP contribution in [0.4, 0.5) is 0 Å². The zero-order chi connectivity index (χ0) is 11.4. The summed E-state index contributed by atoms with van der Waals surface area (Å²) in [6.07, 6.45) is 6.69. The molecule has 1 N–H and O–H groups in total. The van der Waals surface area contributed by atoms with Gasteiger partial charge in [-0.1, -0.05) is 6.92 Å². The van der Waals surface area contributed by atoms with E-state index < -0.39 is 0 Å². The van der Waals surface area contributed by atoms with Crippen LogP contribution in [-0.2, 0) is 6.42 Å². The zero-order valence-electron chi connectivity index (χ0n) is 10.3. The lowest BCUT2D eigenvalue weighted by Crippen LogP contribution is -2.31. The van der Waals surface area contributed by atoms with E-state index in [0.717, 1.165) is 31.1 Å². The van der Waals surface area contributed by atoms with Crippen molar-refractivity contribution < 1.29 is 0 Å². The van der Waals surface area contributed by atoms with Gasteiger partial charge >= 0.3 is 0 Å². The number of nitrogens with zero attached hydrogens (tertiary/aromatic N) is 3. The predicted molar refractivity (Wildman–Crippen MR) is 64.3 cm³/mol. The SMILES string of the molecule is CCC(C)n1cnnc1CC1CCCNC1. The van der Waals surface area contributed by atoms with Crippen LogP contribution >= 0.6 is 0 Å². The second-order valence-corrected chi connectivity index (χ2v) is 4.83. The van der Waals surface area contributed by atoms with Gasteiger partial charge in [-0.05, 0) is 45.2 Å². The van der Waals surface area contributed by atoms with Gasteiger partial charge in [0.2, 0.25) is 0 Å². The molecule has 0 aliphatic carbocycles. The molecule has 0 aromatic carbocycles. The van der Waals surface area contributed by atoms with Crippen molar-refractivity contribution in [2.75, 3.05) is 13.1 Å². The Morgan fingerprint density at radius 3 is 3.19 bits per heavy atom. The summed E-state index contributed by atoms with van der Waals surface area (Å²) >= 11 is 0. The Hall–Kier alpha value is -0.900. The van der Waals surface area contributed by atoms with E-state index in [2.05, 4.69) is 33.9 Å². The summed E-state index contributed by atoms with van der Waals surface area (Å²) in [5, 5.41) is 11.8. The van der Waals surface area contributed by atoms with E-state index in [-0.39, 0.29) is 0 Å². The van der Waals surface area contributed by atoms with Crippen molar-refractivity contribution in [1.29, 1.82) is 0 Å². The lowest BCUT2D eigenvalue weighted by atomic mass is 9.96. The molecule has 1 aliphatic rings. The zero-order valence-corrected chi connectivity index (χ0v) is 10.3. The van der Waals surface area contributed by atoms with Crippen LogP contribution in [-0.4, -0.2) is 27.9 Å². The number of hydrogen-bond donors (Lipinski definition) is 1. The molecule has 1 saturated heterocycles. The first-order valence-electron chi connectivity index (χ1n) is 6.40. The Balaban J connectivity index is 2.00. The number of rotatable bonds is 4. The summed E-state index contributed by atoms with van der Waals surface area (Å²) in [7, 11) is 0. The monoisotopic (exact) mass is 222 g/mol. The topological polar surface area (TPSA) is 42.7 Å². The van der Waals surface area contributed by atoms with Gasteiger partial charge < -0.3 is 9.88 Å². The molecule has 0 spiro atoms. The second kappa shape index (κ2) is 5.43. The minimum absolute atomic E-state index is 0.515. The fourth-order valence-corrected chi connectivity index (χ4v) is 2.33. The van der Waals surface area contributed by atoms with Crippen LogP contribution in [0.3, 0.4) is 0 Å². The van der Waals surface area contributed by atoms with E-state index in [4.69, 9.17) is 0 Å². The minimum atomic E-state index is 0.515. The minimum Gasteiger partial charge on any atom is -0.316 e. The largest absolute Gasteiger partial charge is 0.316 e. The van der Waals surface area contributed by atoms with Gasteiger partial charge in [0.25, 0.3) is 0 Å². The summed E-state index contributed by atoms with van der Waals surface area (Å²) in [6.45, 7) is 6.74. The molecule has 0 radical (unpaired) electrons. The Morgan fingerprint density at radius 2 is 2.50 bits per heavy atom. The number of piperidine rings is 1. The first-order chi connectivity index (χ1) is 7.81. The summed E-state index contributed by atoms with van der Waals surface area (Å²) in [5.74, 6) is 1.89. The maximum atomic E-state index is 4.26. The van der Waals surface area contributed by atoms with Gasteiger partial charge in [-0.25, -0.2) is 0 Å². The highest BCUT2D eigenvalue weighted by atomic mass is 15.3. The first kappa shape index (κ1) is 11.6. The van der Waals surface area contributed by atoms with Crippen LogP contribution in [0.1, 0.15) is 45.0 Å². The van der Waals surface area contributed by atoms with Gasteiger partial charge in [0.05, 0.1) is 0 Å². The average molecular weight is 222 g/mol. The first-order valence-corrected chi connectivity index (χ1v) is 6.40. The van der Waals surface area contributed by atoms with Crippen molar-refractivity contribution in [3.05, 3.63) is 12.2 Å². The highest BCUT2D eigenvalue weighted by molar-refractivity contribution is 4.92. The predicted octanol–water partition coefficient (Wildman–Crippen LogP) is 1.79. The van der Waals surface area contributed by atoms with E-state index in [1.54, 1.807) is 0 Å². The van der Waals surface area contributed by atoms with E-state index in [0.29, 0.717) is 6.04 Å². The number of hydrogen-bond acceptors (Lipinski definition) is 3. The van der Waals surface area contributed by atoms with Gasteiger partial charge in [-0.3, -0.25) is 0 Å². The second-order valence-electron chi connectivity index (χ2n) is 4.83. The highest BCUT2D eigenvalue weighted by Gasteiger charge is 2.17. The molecule has 1 aromatic rings. The maximum Gasteiger partial charge on any atom is 0.133 e. The molecule has 1 aromatic heterocycles. The fourth-order valence-electron chi connectivity index (χ4n) is 2.33. The third-order valence-electron chi connectivity index (χ3n) is 3.58. The lowest BCUT2D eigenvalue weighted by Gasteiger charge is -2.23. The molecule has 1 fully saturated rings. The molecule has 2 rings (SSSR count). The van der Waals surface area contributed by atoms with E-state index >= 15 is 0 Å². The quantitative estimate of drug-likeness (QED) is 0.844. The Kier molecular flexibility index (Phi) is 3.93. The molecule has 0 saturated carbocycles. The lowest BCUT2D eigenvalue weighted by molar-refractivity contribution is 0.361. The van der Waals surface area contributed by atoms with Crippen LogP contribution < -0.4 is 5.32 Å². The molecule has 16 heavy (non-hydrogen) atoms. The van der Waals surface area contributed by atoms with Gasteiger partial charge in [0.15, 0.2) is 0 Å². The van der Waals surface area contributed by atoms with E-state index in [9.17, 15) is 0 Å². The van der Waals surface area contributed by atoms with Crippen LogP contribution in [0.2, 0.25) is 0 Å². The molecular weight excluding hydrogens is 200 g/mol. The van der Waals surface area contributed by atoms with Gasteiger partial charge in [0, 0.05) is 12.5 Å². The average Bonchev–Trinajstić information content (AvgIpc) is 2.77. The Labute approximate surface area is 97.5 Å². The molecule has 2 heterocycles. The van der Waals surface area contributed by atoms with Crippen molar-refractivity contribution in [3.8, 4) is 0 Å². The molecular formula is C12H22N4. The van der Waals surface area contributed by atoms with Crippen molar-refractivity contribution in [2.24, 2.45) is 5.92 Å². The molecule has 4 nitrogen and oxygen atoms in total. The molecule has 0 amide bonds. The maximum absolute atomic E-state index is 4.26. The smallest absolute Gasteiger partial charge is 0.133 e. The number of nitrogens with one attached hydrogen (secondary N) is 1. The standard InChI is InChI=1S/C12H22N4/c1-3-10(2)16-9-14-15-12(16)7-11-5-4-6-13-8-11/h9-11,13H,3-8H2,1-2H3. The molecule has 2 unspecified atom stereocenters. The highest BCUT2D eigenvalue weighted by Crippen LogP contribution is 2.18. The summed E-state index contributed by atoms with van der Waals surface area (Å²) in [4.78, 5) is 0. The molecule has 2 atom stereocenters. The normalized spacial score (nSPS) is 23.2.